The van der Waals surface area contributed by atoms with E-state index in [1.807, 2.05) is 0 Å². The second kappa shape index (κ2) is 11.9. The third kappa shape index (κ3) is 6.59. The zero-order chi connectivity index (χ0) is 31.6. The maximum Gasteiger partial charge on any atom is 0.573 e. The number of nitrogens with one attached hydrogen (secondary N) is 1. The van der Waals surface area contributed by atoms with Gasteiger partial charge >= 0.3 is 6.36 Å². The van der Waals surface area contributed by atoms with E-state index in [4.69, 9.17) is 8.94 Å². The molecule has 1 amide bonds. The molecule has 5 rings (SSSR count). The highest BCUT2D eigenvalue weighted by Crippen LogP contribution is 2.35. The minimum atomic E-state index is -4.86. The molecule has 0 radical (unpaired) electrons. The van der Waals surface area contributed by atoms with E-state index in [2.05, 4.69) is 19.6 Å². The van der Waals surface area contributed by atoms with Gasteiger partial charge in [0.15, 0.2) is 0 Å². The number of hydrogen-bond donors (Lipinski definition) is 1. The van der Waals surface area contributed by atoms with Gasteiger partial charge in [0.25, 0.3) is 15.9 Å². The molecule has 0 fully saturated rings. The van der Waals surface area contributed by atoms with Crippen molar-refractivity contribution in [3.05, 3.63) is 102 Å². The fraction of sp³-hybridized carbons (Fsp3) is 0.167. The Kier molecular flexibility index (Phi) is 8.19. The van der Waals surface area contributed by atoms with Crippen molar-refractivity contribution in [2.45, 2.75) is 31.7 Å². The van der Waals surface area contributed by atoms with Crippen LogP contribution in [0.4, 0.5) is 19.1 Å². The Labute approximate surface area is 250 Å². The molecule has 3 aromatic carbocycles. The Hall–Kier alpha value is -5.11. The fourth-order valence-corrected chi connectivity index (χ4v) is 5.71. The first-order valence-electron chi connectivity index (χ1n) is 13.0. The third-order valence-electron chi connectivity index (χ3n) is 6.72. The molecule has 44 heavy (non-hydrogen) atoms. The summed E-state index contributed by atoms with van der Waals surface area (Å²) in [4.78, 5) is 18.8. The number of oxazole rings is 1. The van der Waals surface area contributed by atoms with E-state index in [0.29, 0.717) is 39.4 Å². The molecule has 2 aromatic heterocycles. The summed E-state index contributed by atoms with van der Waals surface area (Å²) in [6.07, 6.45) is -1.98. The number of hydrogen-bond acceptors (Lipinski definition) is 8. The highest BCUT2D eigenvalue weighted by atomic mass is 32.2. The topological polar surface area (TPSA) is 128 Å². The van der Waals surface area contributed by atoms with Crippen LogP contribution in [0.2, 0.25) is 0 Å². The molecule has 1 N–H and O–H groups in total. The van der Waals surface area contributed by atoms with Gasteiger partial charge in [-0.2, -0.15) is 0 Å². The van der Waals surface area contributed by atoms with Crippen molar-refractivity contribution in [1.82, 2.24) is 15.0 Å². The summed E-state index contributed by atoms with van der Waals surface area (Å²) >= 11 is 0. The van der Waals surface area contributed by atoms with E-state index in [1.54, 1.807) is 50.2 Å². The van der Waals surface area contributed by atoms with Crippen molar-refractivity contribution >= 4 is 21.8 Å². The summed E-state index contributed by atoms with van der Waals surface area (Å²) in [5.74, 6) is -0.644. The standard InChI is InChI=1S/C30H25F3N4O6S/c1-18-19(2)35-43-27(18)36-44(39,40)26-7-5-4-6-25(26)24-13-10-21(28-34-14-15-41-28)16-22(24)17-37(3)29(38)20-8-11-23(12-9-20)42-30(31,32)33/h4-16,36H,17H2,1-3H3. The van der Waals surface area contributed by atoms with Crippen LogP contribution in [0, 0.1) is 13.8 Å². The maximum absolute atomic E-state index is 13.6. The number of benzene rings is 3. The zero-order valence-electron chi connectivity index (χ0n) is 23.5. The van der Waals surface area contributed by atoms with E-state index in [0.717, 1.165) is 12.1 Å². The molecule has 0 aliphatic heterocycles. The summed E-state index contributed by atoms with van der Waals surface area (Å²) in [6, 6.07) is 16.1. The first-order valence-corrected chi connectivity index (χ1v) is 14.5. The molecule has 5 aromatic rings. The van der Waals surface area contributed by atoms with E-state index in [-0.39, 0.29) is 22.9 Å². The van der Waals surface area contributed by atoms with Crippen LogP contribution in [0.3, 0.4) is 0 Å². The lowest BCUT2D eigenvalue weighted by Crippen LogP contribution is -2.26. The number of rotatable bonds is 9. The van der Waals surface area contributed by atoms with Crippen molar-refractivity contribution in [2.24, 2.45) is 0 Å². The molecule has 0 saturated carbocycles. The van der Waals surface area contributed by atoms with Crippen LogP contribution >= 0.6 is 0 Å². The fourth-order valence-electron chi connectivity index (χ4n) is 4.44. The van der Waals surface area contributed by atoms with Gasteiger partial charge in [0.1, 0.15) is 12.0 Å². The van der Waals surface area contributed by atoms with Crippen LogP contribution in [0.25, 0.3) is 22.6 Å². The number of sulfonamides is 1. The lowest BCUT2D eigenvalue weighted by atomic mass is 9.96. The molecular formula is C30H25F3N4O6S. The molecular weight excluding hydrogens is 601 g/mol. The first-order chi connectivity index (χ1) is 20.8. The molecule has 0 spiro atoms. The van der Waals surface area contributed by atoms with Crippen LogP contribution < -0.4 is 9.46 Å². The zero-order valence-corrected chi connectivity index (χ0v) is 24.4. The number of alkyl halides is 3. The Balaban J connectivity index is 1.51. The van der Waals surface area contributed by atoms with Gasteiger partial charge in [-0.1, -0.05) is 29.4 Å². The highest BCUT2D eigenvalue weighted by molar-refractivity contribution is 7.92. The Morgan fingerprint density at radius 1 is 1.02 bits per heavy atom. The molecule has 10 nitrogen and oxygen atoms in total. The summed E-state index contributed by atoms with van der Waals surface area (Å²) in [5.41, 5.74) is 3.17. The van der Waals surface area contributed by atoms with E-state index < -0.39 is 28.0 Å². The molecule has 0 unspecified atom stereocenters. The van der Waals surface area contributed by atoms with Gasteiger partial charge in [0, 0.05) is 35.8 Å². The Morgan fingerprint density at radius 2 is 1.75 bits per heavy atom. The van der Waals surface area contributed by atoms with E-state index in [9.17, 15) is 26.4 Å². The van der Waals surface area contributed by atoms with Crippen LogP contribution in [-0.4, -0.2) is 42.8 Å². The van der Waals surface area contributed by atoms with Crippen molar-refractivity contribution in [2.75, 3.05) is 11.8 Å². The van der Waals surface area contributed by atoms with Crippen molar-refractivity contribution < 1.29 is 40.1 Å². The van der Waals surface area contributed by atoms with Gasteiger partial charge in [-0.25, -0.2) is 18.1 Å². The normalized spacial score (nSPS) is 11.8. The molecule has 2 heterocycles. The van der Waals surface area contributed by atoms with Crippen LogP contribution in [0.1, 0.15) is 27.2 Å². The SMILES string of the molecule is Cc1noc(NS(=O)(=O)c2ccccc2-c2ccc(-c3ncco3)cc2CN(C)C(=O)c2ccc(OC(F)(F)F)cc2)c1C. The van der Waals surface area contributed by atoms with Crippen molar-refractivity contribution in [3.8, 4) is 28.3 Å². The summed E-state index contributed by atoms with van der Waals surface area (Å²) < 4.78 is 81.8. The lowest BCUT2D eigenvalue weighted by Gasteiger charge is -2.21. The smallest absolute Gasteiger partial charge is 0.445 e. The molecule has 0 saturated heterocycles. The van der Waals surface area contributed by atoms with Crippen LogP contribution in [-0.2, 0) is 16.6 Å². The predicted octanol–water partition coefficient (Wildman–Crippen LogP) is 6.59. The predicted molar refractivity (Wildman–Crippen MR) is 153 cm³/mol. The first kappa shape index (κ1) is 30.4. The Bertz CT molecular complexity index is 1900. The summed E-state index contributed by atoms with van der Waals surface area (Å²) in [5, 5.41) is 3.81. The number of carbonyl (C=O) groups is 1. The number of halogens is 3. The minimum absolute atomic E-state index is 0.00579. The number of aryl methyl sites for hydroxylation is 1. The highest BCUT2D eigenvalue weighted by Gasteiger charge is 2.31. The van der Waals surface area contributed by atoms with Crippen LogP contribution in [0.5, 0.6) is 5.75 Å². The number of aromatic nitrogens is 2. The number of nitrogens with zero attached hydrogens (tertiary/aromatic N) is 3. The average molecular weight is 627 g/mol. The van der Waals surface area contributed by atoms with Gasteiger partial charge in [0.2, 0.25) is 11.8 Å². The molecule has 14 heteroatoms. The van der Waals surface area contributed by atoms with Gasteiger partial charge in [-0.3, -0.25) is 4.79 Å². The second-order valence-corrected chi connectivity index (χ2v) is 11.4. The van der Waals surface area contributed by atoms with E-state index in [1.165, 1.54) is 42.6 Å². The number of anilines is 1. The largest absolute Gasteiger partial charge is 0.573 e. The number of ether oxygens (including phenoxy) is 1. The van der Waals surface area contributed by atoms with Gasteiger partial charge in [0.05, 0.1) is 16.8 Å². The van der Waals surface area contributed by atoms with Gasteiger partial charge in [-0.15, -0.1) is 13.2 Å². The molecule has 0 atom stereocenters. The quantitative estimate of drug-likeness (QED) is 0.194. The molecule has 228 valence electrons. The third-order valence-corrected chi connectivity index (χ3v) is 8.11. The second-order valence-electron chi connectivity index (χ2n) is 9.77. The molecule has 0 aliphatic rings. The van der Waals surface area contributed by atoms with Crippen molar-refractivity contribution in [1.29, 1.82) is 0 Å². The minimum Gasteiger partial charge on any atom is -0.445 e. The summed E-state index contributed by atoms with van der Waals surface area (Å²) in [7, 11) is -2.65. The monoisotopic (exact) mass is 626 g/mol. The van der Waals surface area contributed by atoms with Crippen molar-refractivity contribution in [3.63, 3.8) is 0 Å². The average Bonchev–Trinajstić information content (AvgIpc) is 3.63. The summed E-state index contributed by atoms with van der Waals surface area (Å²) in [6.45, 7) is 3.36. The van der Waals surface area contributed by atoms with Gasteiger partial charge < -0.3 is 18.6 Å². The van der Waals surface area contributed by atoms with E-state index >= 15 is 0 Å². The molecule has 0 aliphatic carbocycles. The Morgan fingerprint density at radius 3 is 2.39 bits per heavy atom. The molecule has 0 bridgehead atoms. The number of amides is 1. The van der Waals surface area contributed by atoms with Crippen LogP contribution in [0.15, 0.2) is 93.0 Å². The van der Waals surface area contributed by atoms with Gasteiger partial charge in [-0.05, 0) is 67.4 Å². The number of carbonyl (C=O) groups excluding carboxylic acids is 1. The lowest BCUT2D eigenvalue weighted by molar-refractivity contribution is -0.274. The maximum atomic E-state index is 13.6.